The summed E-state index contributed by atoms with van der Waals surface area (Å²) in [5.41, 5.74) is 0. The highest BCUT2D eigenvalue weighted by atomic mass is 16.1. The summed E-state index contributed by atoms with van der Waals surface area (Å²) in [6.45, 7) is 4.56. The number of amides is 1. The molecule has 0 rings (SSSR count). The molecular weight excluding hydrogens is 210 g/mol. The Kier molecular flexibility index (Phi) is 11.2. The van der Waals surface area contributed by atoms with Gasteiger partial charge in [-0.2, -0.15) is 0 Å². The number of allylic oxidation sites excluding steroid dienone is 1. The lowest BCUT2D eigenvalue weighted by Gasteiger charge is -1.97. The van der Waals surface area contributed by atoms with E-state index in [0.29, 0.717) is 0 Å². The Morgan fingerprint density at radius 2 is 2.12 bits per heavy atom. The zero-order chi connectivity index (χ0) is 12.8. The van der Waals surface area contributed by atoms with Crippen molar-refractivity contribution in [3.8, 4) is 23.7 Å². The van der Waals surface area contributed by atoms with Crippen LogP contribution in [0.4, 0.5) is 0 Å². The summed E-state index contributed by atoms with van der Waals surface area (Å²) in [6, 6.07) is 0. The zero-order valence-electron chi connectivity index (χ0n) is 10.8. The van der Waals surface area contributed by atoms with Crippen LogP contribution in [0.25, 0.3) is 0 Å². The van der Waals surface area contributed by atoms with E-state index < -0.39 is 0 Å². The molecule has 2 heteroatoms. The standard InChI is InChI=1S/C15H21NO/c1-3-5-6-7-8-9-10-11-12-13-15(17)16-14-4-2/h12-13H,4,8-11,14H2,1-2H3,(H,16,17). The average molecular weight is 231 g/mol. The third-order valence-electron chi connectivity index (χ3n) is 2.02. The number of carbonyl (C=O) groups is 1. The predicted octanol–water partition coefficient (Wildman–Crippen LogP) is 2.66. The van der Waals surface area contributed by atoms with Crippen LogP contribution in [-0.2, 0) is 4.79 Å². The number of unbranched alkanes of at least 4 members (excludes halogenated alkanes) is 3. The third kappa shape index (κ3) is 12.3. The van der Waals surface area contributed by atoms with Gasteiger partial charge >= 0.3 is 0 Å². The molecule has 0 aliphatic rings. The monoisotopic (exact) mass is 231 g/mol. The van der Waals surface area contributed by atoms with Crippen molar-refractivity contribution < 1.29 is 4.79 Å². The highest BCUT2D eigenvalue weighted by molar-refractivity contribution is 5.87. The van der Waals surface area contributed by atoms with Gasteiger partial charge in [0.05, 0.1) is 0 Å². The first-order chi connectivity index (χ1) is 8.31. The number of nitrogens with one attached hydrogen (secondary N) is 1. The minimum absolute atomic E-state index is 0.00450. The van der Waals surface area contributed by atoms with Crippen molar-refractivity contribution in [2.45, 2.75) is 46.0 Å². The molecule has 2 nitrogen and oxygen atoms in total. The molecule has 1 N–H and O–H groups in total. The van der Waals surface area contributed by atoms with Crippen LogP contribution in [0.15, 0.2) is 12.2 Å². The molecule has 0 bridgehead atoms. The number of hydrogen-bond acceptors (Lipinski definition) is 1. The molecule has 0 aliphatic carbocycles. The van der Waals surface area contributed by atoms with Gasteiger partial charge in [-0.05, 0) is 50.5 Å². The van der Waals surface area contributed by atoms with Gasteiger partial charge in [-0.3, -0.25) is 4.79 Å². The van der Waals surface area contributed by atoms with Crippen molar-refractivity contribution in [3.63, 3.8) is 0 Å². The predicted molar refractivity (Wildman–Crippen MR) is 72.1 cm³/mol. The molecule has 0 spiro atoms. The third-order valence-corrected chi connectivity index (χ3v) is 2.02. The summed E-state index contributed by atoms with van der Waals surface area (Å²) >= 11 is 0. The summed E-state index contributed by atoms with van der Waals surface area (Å²) in [5, 5.41) is 2.79. The zero-order valence-corrected chi connectivity index (χ0v) is 10.8. The van der Waals surface area contributed by atoms with Gasteiger partial charge in [0.15, 0.2) is 0 Å². The van der Waals surface area contributed by atoms with Crippen molar-refractivity contribution in [1.29, 1.82) is 0 Å². The van der Waals surface area contributed by atoms with Gasteiger partial charge in [0, 0.05) is 13.0 Å². The molecule has 0 aromatic heterocycles. The minimum Gasteiger partial charge on any atom is -0.353 e. The molecule has 0 unspecified atom stereocenters. The Balaban J connectivity index is 3.44. The lowest BCUT2D eigenvalue weighted by Crippen LogP contribution is -2.21. The topological polar surface area (TPSA) is 29.1 Å². The molecule has 0 aromatic rings. The Morgan fingerprint density at radius 1 is 1.29 bits per heavy atom. The quantitative estimate of drug-likeness (QED) is 0.407. The molecule has 1 amide bonds. The fraction of sp³-hybridized carbons (Fsp3) is 0.533. The number of carbonyl (C=O) groups excluding carboxylic acids is 1. The van der Waals surface area contributed by atoms with Crippen LogP contribution in [-0.4, -0.2) is 12.5 Å². The van der Waals surface area contributed by atoms with Crippen LogP contribution in [0.1, 0.15) is 46.0 Å². The molecule has 0 atom stereocenters. The number of hydrogen-bond donors (Lipinski definition) is 1. The maximum atomic E-state index is 11.2. The van der Waals surface area contributed by atoms with Gasteiger partial charge in [-0.1, -0.05) is 24.8 Å². The van der Waals surface area contributed by atoms with E-state index in [-0.39, 0.29) is 5.91 Å². The molecule has 0 radical (unpaired) electrons. The van der Waals surface area contributed by atoms with E-state index in [1.54, 1.807) is 13.0 Å². The molecule has 0 aliphatic heterocycles. The first kappa shape index (κ1) is 15.3. The summed E-state index contributed by atoms with van der Waals surface area (Å²) < 4.78 is 0. The summed E-state index contributed by atoms with van der Waals surface area (Å²) in [5.74, 6) is 11.2. The lowest BCUT2D eigenvalue weighted by atomic mass is 10.2. The Labute approximate surface area is 105 Å². The summed E-state index contributed by atoms with van der Waals surface area (Å²) in [6.07, 6.45) is 8.43. The normalized spacial score (nSPS) is 9.06. The van der Waals surface area contributed by atoms with Gasteiger partial charge in [0.25, 0.3) is 0 Å². The first-order valence-corrected chi connectivity index (χ1v) is 6.15. The smallest absolute Gasteiger partial charge is 0.243 e. The highest BCUT2D eigenvalue weighted by Gasteiger charge is 1.91. The molecule has 17 heavy (non-hydrogen) atoms. The molecule has 0 heterocycles. The van der Waals surface area contributed by atoms with Gasteiger partial charge < -0.3 is 5.32 Å². The average Bonchev–Trinajstić information content (AvgIpc) is 2.34. The van der Waals surface area contributed by atoms with E-state index in [1.165, 1.54) is 0 Å². The van der Waals surface area contributed by atoms with Crippen molar-refractivity contribution in [1.82, 2.24) is 5.32 Å². The van der Waals surface area contributed by atoms with Crippen LogP contribution >= 0.6 is 0 Å². The summed E-state index contributed by atoms with van der Waals surface area (Å²) in [7, 11) is 0. The molecule has 0 saturated heterocycles. The number of rotatable bonds is 7. The van der Waals surface area contributed by atoms with Gasteiger partial charge in [-0.15, -0.1) is 0 Å². The van der Waals surface area contributed by atoms with E-state index >= 15 is 0 Å². The van der Waals surface area contributed by atoms with E-state index in [4.69, 9.17) is 0 Å². The van der Waals surface area contributed by atoms with Crippen molar-refractivity contribution in [2.24, 2.45) is 0 Å². The van der Waals surface area contributed by atoms with Gasteiger partial charge in [0.2, 0.25) is 5.91 Å². The van der Waals surface area contributed by atoms with Crippen LogP contribution in [0, 0.1) is 23.7 Å². The second kappa shape index (κ2) is 12.4. The SMILES string of the molecule is CC#CC#CCCCCC=CC(=O)NCCC. The van der Waals surface area contributed by atoms with Crippen molar-refractivity contribution >= 4 is 5.91 Å². The van der Waals surface area contributed by atoms with Crippen LogP contribution in [0.3, 0.4) is 0 Å². The van der Waals surface area contributed by atoms with E-state index in [0.717, 1.165) is 38.6 Å². The molecule has 0 saturated carbocycles. The molecular formula is C15H21NO. The van der Waals surface area contributed by atoms with Crippen molar-refractivity contribution in [2.75, 3.05) is 6.54 Å². The molecule has 0 aromatic carbocycles. The second-order valence-corrected chi connectivity index (χ2v) is 3.62. The fourth-order valence-electron chi connectivity index (χ4n) is 1.14. The largest absolute Gasteiger partial charge is 0.353 e. The van der Waals surface area contributed by atoms with Gasteiger partial charge in [-0.25, -0.2) is 0 Å². The van der Waals surface area contributed by atoms with E-state index in [1.807, 2.05) is 13.0 Å². The van der Waals surface area contributed by atoms with Gasteiger partial charge in [0.1, 0.15) is 0 Å². The first-order valence-electron chi connectivity index (χ1n) is 6.15. The van der Waals surface area contributed by atoms with Crippen LogP contribution < -0.4 is 5.32 Å². The molecule has 0 fully saturated rings. The minimum atomic E-state index is 0.00450. The molecule has 92 valence electrons. The van der Waals surface area contributed by atoms with Crippen LogP contribution in [0.2, 0.25) is 0 Å². The fourth-order valence-corrected chi connectivity index (χ4v) is 1.14. The summed E-state index contributed by atoms with van der Waals surface area (Å²) in [4.78, 5) is 11.2. The lowest BCUT2D eigenvalue weighted by molar-refractivity contribution is -0.116. The Bertz CT molecular complexity index is 347. The maximum absolute atomic E-state index is 11.2. The second-order valence-electron chi connectivity index (χ2n) is 3.62. The van der Waals surface area contributed by atoms with Crippen LogP contribution in [0.5, 0.6) is 0 Å². The Hall–Kier alpha value is -1.67. The van der Waals surface area contributed by atoms with E-state index in [9.17, 15) is 4.79 Å². The van der Waals surface area contributed by atoms with Crippen molar-refractivity contribution in [3.05, 3.63) is 12.2 Å². The van der Waals surface area contributed by atoms with E-state index in [2.05, 4.69) is 29.0 Å². The highest BCUT2D eigenvalue weighted by Crippen LogP contribution is 1.99. The maximum Gasteiger partial charge on any atom is 0.243 e. The Morgan fingerprint density at radius 3 is 2.82 bits per heavy atom.